The molecular weight excluding hydrogens is 508 g/mol. The van der Waals surface area contributed by atoms with Crippen LogP contribution in [0.2, 0.25) is 19.6 Å². The van der Waals surface area contributed by atoms with E-state index in [-0.39, 0.29) is 30.2 Å². The fourth-order valence-electron chi connectivity index (χ4n) is 4.80. The molecule has 3 heterocycles. The van der Waals surface area contributed by atoms with Gasteiger partial charge in [-0.05, 0) is 32.1 Å². The third kappa shape index (κ3) is 5.98. The molecule has 36 heavy (non-hydrogen) atoms. The van der Waals surface area contributed by atoms with Crippen molar-refractivity contribution >= 4 is 37.9 Å². The van der Waals surface area contributed by atoms with Gasteiger partial charge in [0.1, 0.15) is 41.5 Å². The molecule has 7 atom stereocenters. The zero-order valence-corrected chi connectivity index (χ0v) is 24.0. The number of carbonyl (C=O) groups is 3. The lowest BCUT2D eigenvalue weighted by Gasteiger charge is -2.50. The third-order valence-electron chi connectivity index (χ3n) is 6.33. The number of carbonyl (C=O) groups excluding carboxylic acids is 3. The summed E-state index contributed by atoms with van der Waals surface area (Å²) in [5.41, 5.74) is 1.08. The van der Waals surface area contributed by atoms with Crippen molar-refractivity contribution in [2.75, 3.05) is 40.8 Å². The second-order valence-electron chi connectivity index (χ2n) is 10.1. The molecule has 3 aliphatic rings. The number of hydrogen-bond donors (Lipinski definition) is 1. The van der Waals surface area contributed by atoms with Crippen molar-refractivity contribution in [2.45, 2.75) is 74.9 Å². The van der Waals surface area contributed by atoms with Gasteiger partial charge in [0.15, 0.2) is 0 Å². The van der Waals surface area contributed by atoms with Crippen LogP contribution >= 0.6 is 11.8 Å². The highest BCUT2D eigenvalue weighted by atomic mass is 32.2. The van der Waals surface area contributed by atoms with Crippen molar-refractivity contribution < 1.29 is 42.5 Å². The number of fused-ring (bicyclic) bond motifs is 1. The van der Waals surface area contributed by atoms with Gasteiger partial charge in [-0.1, -0.05) is 0 Å². The number of thioether (sulfide) groups is 1. The van der Waals surface area contributed by atoms with Crippen molar-refractivity contribution in [3.63, 3.8) is 0 Å². The summed E-state index contributed by atoms with van der Waals surface area (Å²) in [6, 6.07) is -0.741. The largest absolute Gasteiger partial charge is 0.515 e. The minimum absolute atomic E-state index is 0.0461. The molecule has 0 radical (unpaired) electrons. The molecule has 3 aliphatic heterocycles. The number of amides is 2. The zero-order chi connectivity index (χ0) is 26.8. The lowest BCUT2D eigenvalue weighted by Crippen LogP contribution is -2.71. The number of rotatable bonds is 10. The van der Waals surface area contributed by atoms with Gasteiger partial charge in [-0.15, -0.1) is 11.8 Å². The molecule has 1 N–H and O–H groups in total. The lowest BCUT2D eigenvalue weighted by atomic mass is 9.92. The maximum absolute atomic E-state index is 13.0. The lowest BCUT2D eigenvalue weighted by molar-refractivity contribution is -0.249. The Bertz CT molecular complexity index is 880. The quantitative estimate of drug-likeness (QED) is 0.312. The molecule has 0 aromatic heterocycles. The number of nitrogens with zero attached hydrogens (tertiary/aromatic N) is 1. The third-order valence-corrected chi connectivity index (χ3v) is 8.55. The van der Waals surface area contributed by atoms with Crippen LogP contribution in [0.15, 0.2) is 11.3 Å². The Hall–Kier alpha value is -1.48. The molecule has 204 valence electrons. The Balaban J connectivity index is 1.68. The Morgan fingerprint density at radius 3 is 2.22 bits per heavy atom. The van der Waals surface area contributed by atoms with Crippen LogP contribution in [0.5, 0.6) is 0 Å². The fraction of sp³-hybridized carbons (Fsp3) is 0.783. The number of hydrogen-bond acceptors (Lipinski definition) is 10. The van der Waals surface area contributed by atoms with Crippen LogP contribution in [0, 0.1) is 0 Å². The van der Waals surface area contributed by atoms with Gasteiger partial charge < -0.3 is 33.4 Å². The van der Waals surface area contributed by atoms with Crippen molar-refractivity contribution in [1.82, 2.24) is 10.2 Å². The number of ether oxygens (including phenoxy) is 5. The monoisotopic (exact) mass is 546 g/mol. The average molecular weight is 547 g/mol. The summed E-state index contributed by atoms with van der Waals surface area (Å²) in [5, 5.41) is 2.46. The van der Waals surface area contributed by atoms with E-state index in [1.165, 1.54) is 23.8 Å². The van der Waals surface area contributed by atoms with Gasteiger partial charge in [-0.25, -0.2) is 4.79 Å². The second-order valence-corrected chi connectivity index (χ2v) is 15.6. The fourth-order valence-corrected chi connectivity index (χ4v) is 6.74. The van der Waals surface area contributed by atoms with Gasteiger partial charge in [0, 0.05) is 34.2 Å². The zero-order valence-electron chi connectivity index (χ0n) is 22.2. The molecular formula is C23H38N2O9SSi. The SMILES string of the molecule is COCC1OC(CC(=O)NC2C(=O)N3C(C(=O)O[Si](C)(C)C)=C(C)CSC23)C(OC)C(OC)C1OC. The van der Waals surface area contributed by atoms with Crippen LogP contribution in [-0.2, 0) is 42.5 Å². The predicted molar refractivity (Wildman–Crippen MR) is 135 cm³/mol. The molecule has 2 amide bonds. The van der Waals surface area contributed by atoms with Crippen molar-refractivity contribution in [2.24, 2.45) is 0 Å². The van der Waals surface area contributed by atoms with Crippen molar-refractivity contribution in [3.8, 4) is 0 Å². The van der Waals surface area contributed by atoms with Crippen LogP contribution in [0.25, 0.3) is 0 Å². The molecule has 7 unspecified atom stereocenters. The highest BCUT2D eigenvalue weighted by Gasteiger charge is 2.55. The van der Waals surface area contributed by atoms with Gasteiger partial charge in [0.2, 0.25) is 14.2 Å². The first-order valence-corrected chi connectivity index (χ1v) is 16.3. The molecule has 0 saturated carbocycles. The Morgan fingerprint density at radius 1 is 1.06 bits per heavy atom. The van der Waals surface area contributed by atoms with Gasteiger partial charge in [0.05, 0.1) is 19.1 Å². The molecule has 2 saturated heterocycles. The van der Waals surface area contributed by atoms with E-state index in [9.17, 15) is 14.4 Å². The van der Waals surface area contributed by atoms with Crippen LogP contribution in [0.1, 0.15) is 13.3 Å². The molecule has 0 aromatic carbocycles. The van der Waals surface area contributed by atoms with Crippen molar-refractivity contribution in [1.29, 1.82) is 0 Å². The van der Waals surface area contributed by atoms with E-state index in [2.05, 4.69) is 5.32 Å². The van der Waals surface area contributed by atoms with E-state index in [0.717, 1.165) is 5.57 Å². The van der Waals surface area contributed by atoms with Crippen LogP contribution in [0.3, 0.4) is 0 Å². The smallest absolute Gasteiger partial charge is 0.341 e. The summed E-state index contributed by atoms with van der Waals surface area (Å²) in [6.45, 7) is 7.82. The minimum Gasteiger partial charge on any atom is -0.515 e. The van der Waals surface area contributed by atoms with E-state index in [1.807, 2.05) is 26.6 Å². The summed E-state index contributed by atoms with van der Waals surface area (Å²) < 4.78 is 33.9. The van der Waals surface area contributed by atoms with Crippen LogP contribution < -0.4 is 5.32 Å². The van der Waals surface area contributed by atoms with Gasteiger partial charge >= 0.3 is 5.97 Å². The Labute approximate surface area is 217 Å². The maximum Gasteiger partial charge on any atom is 0.341 e. The number of methoxy groups -OCH3 is 4. The molecule has 0 aromatic rings. The normalized spacial score (nSPS) is 32.6. The van der Waals surface area contributed by atoms with E-state index in [4.69, 9.17) is 28.1 Å². The summed E-state index contributed by atoms with van der Waals surface area (Å²) in [4.78, 5) is 40.4. The Kier molecular flexibility index (Phi) is 9.63. The van der Waals surface area contributed by atoms with Crippen molar-refractivity contribution in [3.05, 3.63) is 11.3 Å². The maximum atomic E-state index is 13.0. The molecule has 0 spiro atoms. The first kappa shape index (κ1) is 29.1. The summed E-state index contributed by atoms with van der Waals surface area (Å²) in [6.07, 6.45) is -2.63. The van der Waals surface area contributed by atoms with E-state index in [0.29, 0.717) is 11.4 Å². The van der Waals surface area contributed by atoms with Crippen LogP contribution in [-0.4, -0.2) is 114 Å². The van der Waals surface area contributed by atoms with Crippen LogP contribution in [0.4, 0.5) is 0 Å². The molecule has 11 nitrogen and oxygen atoms in total. The van der Waals surface area contributed by atoms with E-state index >= 15 is 0 Å². The predicted octanol–water partition coefficient (Wildman–Crippen LogP) is 0.887. The minimum atomic E-state index is -2.14. The summed E-state index contributed by atoms with van der Waals surface area (Å²) >= 11 is 1.51. The number of nitrogens with one attached hydrogen (secondary N) is 1. The number of β-lactam (4-membered cyclic amide) rings is 1. The highest BCUT2D eigenvalue weighted by Crippen LogP contribution is 2.41. The summed E-state index contributed by atoms with van der Waals surface area (Å²) in [7, 11) is 4.05. The topological polar surface area (TPSA) is 122 Å². The molecule has 0 bridgehead atoms. The Morgan fingerprint density at radius 2 is 1.67 bits per heavy atom. The molecule has 3 rings (SSSR count). The molecule has 0 aliphatic carbocycles. The first-order chi connectivity index (χ1) is 17.0. The molecule has 2 fully saturated rings. The van der Waals surface area contributed by atoms with Gasteiger partial charge in [0.25, 0.3) is 5.91 Å². The summed E-state index contributed by atoms with van der Waals surface area (Å²) in [5.74, 6) is -0.598. The second kappa shape index (κ2) is 11.9. The van der Waals surface area contributed by atoms with E-state index in [1.54, 1.807) is 21.3 Å². The highest BCUT2D eigenvalue weighted by molar-refractivity contribution is 8.00. The first-order valence-electron chi connectivity index (χ1n) is 11.9. The van der Waals surface area contributed by atoms with Gasteiger partial charge in [-0.2, -0.15) is 0 Å². The van der Waals surface area contributed by atoms with Gasteiger partial charge in [-0.3, -0.25) is 14.5 Å². The standard InChI is InChI=1S/C23H38N2O9SSi/c1-12-11-35-22-16(21(27)25(22)17(12)23(28)34-36(6,7)8)24-15(26)9-13-18(30-3)20(32-5)19(31-4)14(33-13)10-29-2/h13-14,16,18-20,22H,9-11H2,1-8H3,(H,24,26). The average Bonchev–Trinajstić information content (AvgIpc) is 2.80. The molecule has 13 heteroatoms. The van der Waals surface area contributed by atoms with E-state index < -0.39 is 50.8 Å².